The van der Waals surface area contributed by atoms with Crippen LogP contribution in [0.1, 0.15) is 12.5 Å². The molecule has 0 bridgehead atoms. The van der Waals surface area contributed by atoms with E-state index in [1.807, 2.05) is 6.07 Å². The van der Waals surface area contributed by atoms with E-state index in [0.717, 1.165) is 0 Å². The minimum absolute atomic E-state index is 0.138. The summed E-state index contributed by atoms with van der Waals surface area (Å²) in [7, 11) is 0. The number of anilines is 1. The SMILES string of the molecule is CCOc1cc(/C=C(\C#N)C(=O)Nc2cccc([N+](=O)[O-])c2)cc(Cl)c1OCC#N. The van der Waals surface area contributed by atoms with Crippen molar-refractivity contribution in [3.63, 3.8) is 0 Å². The number of hydrogen-bond donors (Lipinski definition) is 1. The zero-order chi connectivity index (χ0) is 22.1. The highest BCUT2D eigenvalue weighted by Gasteiger charge is 2.15. The standard InChI is InChI=1S/C20H15ClN4O5/c1-2-29-18-10-13(9-17(21)19(18)30-7-6-22)8-14(12-23)20(26)24-15-4-3-5-16(11-15)25(27)28/h3-5,8-11H,2,7H2,1H3,(H,24,26)/b14-8+. The highest BCUT2D eigenvalue weighted by atomic mass is 35.5. The van der Waals surface area contributed by atoms with Gasteiger partial charge in [0.05, 0.1) is 16.6 Å². The third kappa shape index (κ3) is 5.71. The molecule has 0 saturated heterocycles. The van der Waals surface area contributed by atoms with Crippen LogP contribution in [-0.4, -0.2) is 24.0 Å². The molecule has 0 aliphatic rings. The molecule has 152 valence electrons. The van der Waals surface area contributed by atoms with E-state index in [2.05, 4.69) is 5.32 Å². The molecule has 0 saturated carbocycles. The van der Waals surface area contributed by atoms with Crippen LogP contribution in [0.4, 0.5) is 11.4 Å². The summed E-state index contributed by atoms with van der Waals surface area (Å²) in [6, 6.07) is 11.9. The number of non-ortho nitro benzene ring substituents is 1. The average Bonchev–Trinajstić information content (AvgIpc) is 2.71. The molecule has 0 spiro atoms. The lowest BCUT2D eigenvalue weighted by Gasteiger charge is -2.13. The summed E-state index contributed by atoms with van der Waals surface area (Å²) in [6.45, 7) is 1.81. The maximum absolute atomic E-state index is 12.4. The second-order valence-electron chi connectivity index (χ2n) is 5.64. The van der Waals surface area contributed by atoms with Crippen molar-refractivity contribution in [2.45, 2.75) is 6.92 Å². The quantitative estimate of drug-likeness (QED) is 0.290. The van der Waals surface area contributed by atoms with Gasteiger partial charge in [-0.1, -0.05) is 17.7 Å². The third-order valence-corrected chi connectivity index (χ3v) is 3.88. The number of halogens is 1. The molecule has 0 radical (unpaired) electrons. The highest BCUT2D eigenvalue weighted by molar-refractivity contribution is 6.32. The predicted octanol–water partition coefficient (Wildman–Crippen LogP) is 4.09. The topological polar surface area (TPSA) is 138 Å². The Kier molecular flexibility index (Phi) is 7.74. The molecule has 30 heavy (non-hydrogen) atoms. The number of nitrogens with zero attached hydrogens (tertiary/aromatic N) is 3. The number of nitro benzene ring substituents is 1. The van der Waals surface area contributed by atoms with Crippen molar-refractivity contribution in [3.8, 4) is 23.6 Å². The van der Waals surface area contributed by atoms with Gasteiger partial charge in [-0.25, -0.2) is 0 Å². The van der Waals surface area contributed by atoms with Gasteiger partial charge in [-0.2, -0.15) is 10.5 Å². The van der Waals surface area contributed by atoms with E-state index in [0.29, 0.717) is 12.2 Å². The third-order valence-electron chi connectivity index (χ3n) is 3.60. The Morgan fingerprint density at radius 3 is 2.70 bits per heavy atom. The molecule has 0 aliphatic heterocycles. The van der Waals surface area contributed by atoms with E-state index in [9.17, 15) is 20.2 Å². The fourth-order valence-electron chi connectivity index (χ4n) is 2.39. The number of nitrogens with one attached hydrogen (secondary N) is 1. The maximum Gasteiger partial charge on any atom is 0.271 e. The molecule has 9 nitrogen and oxygen atoms in total. The van der Waals surface area contributed by atoms with Gasteiger partial charge in [-0.05, 0) is 36.8 Å². The van der Waals surface area contributed by atoms with Crippen LogP contribution in [0, 0.1) is 32.8 Å². The van der Waals surface area contributed by atoms with Crippen molar-refractivity contribution in [2.75, 3.05) is 18.5 Å². The Morgan fingerprint density at radius 1 is 1.30 bits per heavy atom. The van der Waals surface area contributed by atoms with Crippen LogP contribution in [-0.2, 0) is 4.79 Å². The van der Waals surface area contributed by atoms with Crippen LogP contribution < -0.4 is 14.8 Å². The number of ether oxygens (including phenoxy) is 2. The largest absolute Gasteiger partial charge is 0.490 e. The van der Waals surface area contributed by atoms with E-state index >= 15 is 0 Å². The molecule has 1 amide bonds. The number of carbonyl (C=O) groups excluding carboxylic acids is 1. The normalized spacial score (nSPS) is 10.5. The summed E-state index contributed by atoms with van der Waals surface area (Å²) in [5, 5.41) is 31.5. The molecular formula is C20H15ClN4O5. The predicted molar refractivity (Wildman–Crippen MR) is 109 cm³/mol. The molecule has 0 fully saturated rings. The number of amides is 1. The zero-order valence-electron chi connectivity index (χ0n) is 15.7. The molecule has 2 aromatic rings. The molecule has 0 aromatic heterocycles. The first-order valence-corrected chi connectivity index (χ1v) is 8.91. The van der Waals surface area contributed by atoms with Gasteiger partial charge in [-0.3, -0.25) is 14.9 Å². The number of nitriles is 2. The van der Waals surface area contributed by atoms with Crippen molar-refractivity contribution in [1.29, 1.82) is 10.5 Å². The van der Waals surface area contributed by atoms with E-state index in [1.54, 1.807) is 13.0 Å². The molecule has 10 heteroatoms. The number of nitro groups is 1. The van der Waals surface area contributed by atoms with Gasteiger partial charge >= 0.3 is 0 Å². The van der Waals surface area contributed by atoms with E-state index in [-0.39, 0.29) is 40.1 Å². The van der Waals surface area contributed by atoms with Gasteiger partial charge < -0.3 is 14.8 Å². The zero-order valence-corrected chi connectivity index (χ0v) is 16.5. The Labute approximate surface area is 176 Å². The van der Waals surface area contributed by atoms with Crippen molar-refractivity contribution in [3.05, 3.63) is 62.7 Å². The van der Waals surface area contributed by atoms with Crippen LogP contribution >= 0.6 is 11.6 Å². The molecule has 1 N–H and O–H groups in total. The average molecular weight is 427 g/mol. The summed E-state index contributed by atoms with van der Waals surface area (Å²) in [5.74, 6) is -0.323. The van der Waals surface area contributed by atoms with E-state index in [1.165, 1.54) is 42.5 Å². The van der Waals surface area contributed by atoms with Gasteiger partial charge in [-0.15, -0.1) is 0 Å². The van der Waals surface area contributed by atoms with Crippen LogP contribution in [0.3, 0.4) is 0 Å². The second kappa shape index (κ2) is 10.5. The Morgan fingerprint density at radius 2 is 2.07 bits per heavy atom. The number of benzene rings is 2. The smallest absolute Gasteiger partial charge is 0.271 e. The Bertz CT molecular complexity index is 1090. The minimum Gasteiger partial charge on any atom is -0.490 e. The van der Waals surface area contributed by atoms with Crippen LogP contribution in [0.25, 0.3) is 6.08 Å². The summed E-state index contributed by atoms with van der Waals surface area (Å²) < 4.78 is 10.7. The maximum atomic E-state index is 12.4. The lowest BCUT2D eigenvalue weighted by Crippen LogP contribution is -2.13. The second-order valence-corrected chi connectivity index (χ2v) is 6.05. The highest BCUT2D eigenvalue weighted by Crippen LogP contribution is 2.37. The molecule has 2 aromatic carbocycles. The molecule has 0 atom stereocenters. The van der Waals surface area contributed by atoms with Gasteiger partial charge in [0.15, 0.2) is 18.1 Å². The number of rotatable bonds is 8. The van der Waals surface area contributed by atoms with Gasteiger partial charge in [0, 0.05) is 17.8 Å². The summed E-state index contributed by atoms with van der Waals surface area (Å²) >= 11 is 6.20. The molecule has 0 heterocycles. The first kappa shape index (κ1) is 22.2. The summed E-state index contributed by atoms with van der Waals surface area (Å²) in [4.78, 5) is 22.7. The van der Waals surface area contributed by atoms with Crippen LogP contribution in [0.15, 0.2) is 42.0 Å². The molecule has 0 aliphatic carbocycles. The Balaban J connectivity index is 2.33. The first-order valence-electron chi connectivity index (χ1n) is 8.53. The van der Waals surface area contributed by atoms with Gasteiger partial charge in [0.25, 0.3) is 11.6 Å². The fraction of sp³-hybridized carbons (Fsp3) is 0.150. The van der Waals surface area contributed by atoms with Crippen molar-refractivity contribution < 1.29 is 19.2 Å². The number of carbonyl (C=O) groups is 1. The van der Waals surface area contributed by atoms with E-state index < -0.39 is 10.8 Å². The summed E-state index contributed by atoms with van der Waals surface area (Å²) in [5.41, 5.74) is 0.101. The first-order chi connectivity index (χ1) is 14.4. The van der Waals surface area contributed by atoms with Crippen molar-refractivity contribution >= 4 is 35.0 Å². The van der Waals surface area contributed by atoms with Gasteiger partial charge in [0.1, 0.15) is 17.7 Å². The van der Waals surface area contributed by atoms with Gasteiger partial charge in [0.2, 0.25) is 0 Å². The van der Waals surface area contributed by atoms with Crippen molar-refractivity contribution in [1.82, 2.24) is 0 Å². The fourth-order valence-corrected chi connectivity index (χ4v) is 2.66. The number of hydrogen-bond acceptors (Lipinski definition) is 7. The van der Waals surface area contributed by atoms with Crippen LogP contribution in [0.2, 0.25) is 5.02 Å². The lowest BCUT2D eigenvalue weighted by atomic mass is 10.1. The molecular weight excluding hydrogens is 412 g/mol. The summed E-state index contributed by atoms with van der Waals surface area (Å²) in [6.07, 6.45) is 1.29. The van der Waals surface area contributed by atoms with E-state index in [4.69, 9.17) is 26.3 Å². The molecule has 0 unspecified atom stereocenters. The Hall–Kier alpha value is -4.08. The lowest BCUT2D eigenvalue weighted by molar-refractivity contribution is -0.384. The minimum atomic E-state index is -0.753. The molecule has 2 rings (SSSR count). The monoisotopic (exact) mass is 426 g/mol. The van der Waals surface area contributed by atoms with Crippen LogP contribution in [0.5, 0.6) is 11.5 Å². The van der Waals surface area contributed by atoms with Crippen molar-refractivity contribution in [2.24, 2.45) is 0 Å².